The zero-order chi connectivity index (χ0) is 11.1. The molecule has 1 rings (SSSR count). The summed E-state index contributed by atoms with van der Waals surface area (Å²) in [6.07, 6.45) is 4.28. The SMILES string of the molecule is CCn1cc(CNCCOC(C)C)cn1. The predicted molar refractivity (Wildman–Crippen MR) is 60.7 cm³/mol. The molecule has 4 heteroatoms. The summed E-state index contributed by atoms with van der Waals surface area (Å²) in [6, 6.07) is 0. The van der Waals surface area contributed by atoms with Crippen LogP contribution in [0.25, 0.3) is 0 Å². The van der Waals surface area contributed by atoms with Gasteiger partial charge in [-0.25, -0.2) is 0 Å². The number of aryl methyl sites for hydroxylation is 1. The van der Waals surface area contributed by atoms with Gasteiger partial charge in [-0.05, 0) is 20.8 Å². The Bertz CT molecular complexity index is 271. The molecule has 0 atom stereocenters. The summed E-state index contributed by atoms with van der Waals surface area (Å²) in [5.41, 5.74) is 1.22. The molecule has 0 saturated carbocycles. The van der Waals surface area contributed by atoms with Crippen molar-refractivity contribution in [1.29, 1.82) is 0 Å². The van der Waals surface area contributed by atoms with E-state index in [0.29, 0.717) is 6.10 Å². The molecule has 0 amide bonds. The summed E-state index contributed by atoms with van der Waals surface area (Å²) in [4.78, 5) is 0. The molecule has 0 aliphatic carbocycles. The highest BCUT2D eigenvalue weighted by molar-refractivity contribution is 5.02. The maximum atomic E-state index is 5.42. The molecule has 1 aromatic heterocycles. The van der Waals surface area contributed by atoms with E-state index >= 15 is 0 Å². The van der Waals surface area contributed by atoms with E-state index in [-0.39, 0.29) is 0 Å². The van der Waals surface area contributed by atoms with E-state index in [9.17, 15) is 0 Å². The number of hydrogen-bond acceptors (Lipinski definition) is 3. The van der Waals surface area contributed by atoms with E-state index < -0.39 is 0 Å². The number of hydrogen-bond donors (Lipinski definition) is 1. The molecule has 1 heterocycles. The minimum Gasteiger partial charge on any atom is -0.377 e. The predicted octanol–water partition coefficient (Wildman–Crippen LogP) is 1.42. The van der Waals surface area contributed by atoms with Crippen molar-refractivity contribution < 1.29 is 4.74 Å². The smallest absolute Gasteiger partial charge is 0.0594 e. The van der Waals surface area contributed by atoms with Crippen LogP contribution in [0.4, 0.5) is 0 Å². The molecule has 4 nitrogen and oxygen atoms in total. The van der Waals surface area contributed by atoms with Crippen LogP contribution in [0.5, 0.6) is 0 Å². The van der Waals surface area contributed by atoms with Gasteiger partial charge in [-0.2, -0.15) is 5.10 Å². The maximum Gasteiger partial charge on any atom is 0.0594 e. The van der Waals surface area contributed by atoms with Crippen molar-refractivity contribution in [3.8, 4) is 0 Å². The second-order valence-corrected chi connectivity index (χ2v) is 3.80. The Hall–Kier alpha value is -0.870. The molecule has 1 N–H and O–H groups in total. The summed E-state index contributed by atoms with van der Waals surface area (Å²) >= 11 is 0. The van der Waals surface area contributed by atoms with Crippen LogP contribution in [0.1, 0.15) is 26.3 Å². The highest BCUT2D eigenvalue weighted by atomic mass is 16.5. The molecule has 0 radical (unpaired) electrons. The summed E-state index contributed by atoms with van der Waals surface area (Å²) in [5, 5.41) is 7.52. The Morgan fingerprint density at radius 2 is 2.33 bits per heavy atom. The lowest BCUT2D eigenvalue weighted by atomic mass is 10.3. The monoisotopic (exact) mass is 211 g/mol. The van der Waals surface area contributed by atoms with Gasteiger partial charge in [0, 0.05) is 31.4 Å². The summed E-state index contributed by atoms with van der Waals surface area (Å²) in [6.45, 7) is 9.62. The van der Waals surface area contributed by atoms with Crippen molar-refractivity contribution in [2.45, 2.75) is 40.0 Å². The Morgan fingerprint density at radius 3 is 2.93 bits per heavy atom. The molecule has 0 unspecified atom stereocenters. The Balaban J connectivity index is 2.09. The van der Waals surface area contributed by atoms with Gasteiger partial charge in [0.1, 0.15) is 0 Å². The van der Waals surface area contributed by atoms with E-state index in [1.54, 1.807) is 0 Å². The first-order valence-corrected chi connectivity index (χ1v) is 5.56. The molecule has 0 bridgehead atoms. The van der Waals surface area contributed by atoms with Gasteiger partial charge in [0.2, 0.25) is 0 Å². The van der Waals surface area contributed by atoms with Crippen molar-refractivity contribution in [1.82, 2.24) is 15.1 Å². The second kappa shape index (κ2) is 6.58. The molecule has 0 saturated heterocycles. The molecular formula is C11H21N3O. The second-order valence-electron chi connectivity index (χ2n) is 3.80. The number of ether oxygens (including phenoxy) is 1. The molecule has 0 spiro atoms. The minimum atomic E-state index is 0.314. The standard InChI is InChI=1S/C11H21N3O/c1-4-14-9-11(8-13-14)7-12-5-6-15-10(2)3/h8-10,12H,4-7H2,1-3H3. The van der Waals surface area contributed by atoms with Crippen LogP contribution in [-0.2, 0) is 17.8 Å². The van der Waals surface area contributed by atoms with Gasteiger partial charge in [-0.3, -0.25) is 4.68 Å². The van der Waals surface area contributed by atoms with Gasteiger partial charge >= 0.3 is 0 Å². The fraction of sp³-hybridized carbons (Fsp3) is 0.727. The van der Waals surface area contributed by atoms with Gasteiger partial charge in [-0.1, -0.05) is 0 Å². The number of aromatic nitrogens is 2. The average Bonchev–Trinajstić information content (AvgIpc) is 2.65. The van der Waals surface area contributed by atoms with Crippen molar-refractivity contribution in [2.24, 2.45) is 0 Å². The lowest BCUT2D eigenvalue weighted by Gasteiger charge is -2.07. The van der Waals surface area contributed by atoms with Gasteiger partial charge in [0.15, 0.2) is 0 Å². The Morgan fingerprint density at radius 1 is 1.53 bits per heavy atom. The minimum absolute atomic E-state index is 0.314. The quantitative estimate of drug-likeness (QED) is 0.693. The topological polar surface area (TPSA) is 39.1 Å². The lowest BCUT2D eigenvalue weighted by Crippen LogP contribution is -2.20. The summed E-state index contributed by atoms with van der Waals surface area (Å²) in [7, 11) is 0. The molecule has 15 heavy (non-hydrogen) atoms. The highest BCUT2D eigenvalue weighted by Gasteiger charge is 1.97. The largest absolute Gasteiger partial charge is 0.377 e. The third-order valence-corrected chi connectivity index (χ3v) is 2.07. The van der Waals surface area contributed by atoms with Gasteiger partial charge in [0.25, 0.3) is 0 Å². The summed E-state index contributed by atoms with van der Waals surface area (Å²) < 4.78 is 7.35. The number of rotatable bonds is 7. The van der Waals surface area contributed by atoms with Crippen LogP contribution in [0.3, 0.4) is 0 Å². The third-order valence-electron chi connectivity index (χ3n) is 2.07. The molecule has 0 aromatic carbocycles. The number of nitrogens with one attached hydrogen (secondary N) is 1. The Labute approximate surface area is 91.6 Å². The zero-order valence-corrected chi connectivity index (χ0v) is 9.86. The first kappa shape index (κ1) is 12.2. The Kier molecular flexibility index (Phi) is 5.36. The zero-order valence-electron chi connectivity index (χ0n) is 9.86. The van der Waals surface area contributed by atoms with Gasteiger partial charge < -0.3 is 10.1 Å². The van der Waals surface area contributed by atoms with Crippen LogP contribution < -0.4 is 5.32 Å². The van der Waals surface area contributed by atoms with E-state index in [1.807, 2.05) is 24.7 Å². The van der Waals surface area contributed by atoms with E-state index in [1.165, 1.54) is 5.56 Å². The maximum absolute atomic E-state index is 5.42. The van der Waals surface area contributed by atoms with Crippen LogP contribution in [0.2, 0.25) is 0 Å². The molecule has 86 valence electrons. The normalized spacial score (nSPS) is 11.2. The third kappa shape index (κ3) is 4.95. The number of nitrogens with zero attached hydrogens (tertiary/aromatic N) is 2. The van der Waals surface area contributed by atoms with E-state index in [2.05, 4.69) is 23.5 Å². The van der Waals surface area contributed by atoms with Crippen LogP contribution in [-0.4, -0.2) is 29.0 Å². The first-order chi connectivity index (χ1) is 7.22. The van der Waals surface area contributed by atoms with Crippen molar-refractivity contribution in [3.05, 3.63) is 18.0 Å². The summed E-state index contributed by atoms with van der Waals surface area (Å²) in [5.74, 6) is 0. The van der Waals surface area contributed by atoms with E-state index in [0.717, 1.165) is 26.2 Å². The van der Waals surface area contributed by atoms with Crippen LogP contribution >= 0.6 is 0 Å². The molecule has 0 fully saturated rings. The molecule has 0 aliphatic rings. The lowest BCUT2D eigenvalue weighted by molar-refractivity contribution is 0.0807. The van der Waals surface area contributed by atoms with Crippen molar-refractivity contribution in [3.63, 3.8) is 0 Å². The van der Waals surface area contributed by atoms with Crippen LogP contribution in [0.15, 0.2) is 12.4 Å². The van der Waals surface area contributed by atoms with Crippen molar-refractivity contribution >= 4 is 0 Å². The fourth-order valence-corrected chi connectivity index (χ4v) is 1.27. The average molecular weight is 211 g/mol. The van der Waals surface area contributed by atoms with Crippen LogP contribution in [0, 0.1) is 0 Å². The molecular weight excluding hydrogens is 190 g/mol. The fourth-order valence-electron chi connectivity index (χ4n) is 1.27. The first-order valence-electron chi connectivity index (χ1n) is 5.56. The van der Waals surface area contributed by atoms with Crippen molar-refractivity contribution in [2.75, 3.05) is 13.2 Å². The highest BCUT2D eigenvalue weighted by Crippen LogP contribution is 1.96. The molecule has 0 aliphatic heterocycles. The van der Waals surface area contributed by atoms with E-state index in [4.69, 9.17) is 4.74 Å². The van der Waals surface area contributed by atoms with Gasteiger partial charge in [-0.15, -0.1) is 0 Å². The van der Waals surface area contributed by atoms with Gasteiger partial charge in [0.05, 0.1) is 18.9 Å². The molecule has 1 aromatic rings.